The number of piperidine rings is 1. The van der Waals surface area contributed by atoms with Crippen LogP contribution in [-0.4, -0.2) is 47.3 Å². The summed E-state index contributed by atoms with van der Waals surface area (Å²) in [5.41, 5.74) is 0.259. The topological polar surface area (TPSA) is 70.0 Å². The number of hydrogen-bond donors (Lipinski definition) is 2. The van der Waals surface area contributed by atoms with E-state index >= 15 is 0 Å². The lowest BCUT2D eigenvalue weighted by atomic mass is 9.98. The van der Waals surface area contributed by atoms with Crippen LogP contribution in [0.15, 0.2) is 18.2 Å². The molecule has 1 atom stereocenters. The Morgan fingerprint density at radius 2 is 2.25 bits per heavy atom. The number of rotatable bonds is 4. The smallest absolute Gasteiger partial charge is 0.258 e. The van der Waals surface area contributed by atoms with Gasteiger partial charge in [0.1, 0.15) is 0 Å². The van der Waals surface area contributed by atoms with Crippen molar-refractivity contribution in [3.8, 4) is 11.5 Å². The van der Waals surface area contributed by atoms with Crippen molar-refractivity contribution in [2.45, 2.75) is 31.7 Å². The summed E-state index contributed by atoms with van der Waals surface area (Å²) in [4.78, 5) is 14.4. The summed E-state index contributed by atoms with van der Waals surface area (Å²) in [6.45, 7) is 0.735. The third-order valence-electron chi connectivity index (χ3n) is 3.80. The number of para-hydroxylation sites is 1. The highest BCUT2D eigenvalue weighted by molar-refractivity contribution is 5.97. The number of aliphatic hydroxyl groups excluding tert-OH is 1. The van der Waals surface area contributed by atoms with E-state index in [0.29, 0.717) is 18.7 Å². The Hall–Kier alpha value is -1.75. The number of nitrogens with zero attached hydrogens (tertiary/aromatic N) is 1. The first-order chi connectivity index (χ1) is 9.69. The molecule has 20 heavy (non-hydrogen) atoms. The van der Waals surface area contributed by atoms with Gasteiger partial charge in [0.05, 0.1) is 12.7 Å². The van der Waals surface area contributed by atoms with Crippen molar-refractivity contribution in [1.29, 1.82) is 0 Å². The molecule has 0 spiro atoms. The molecule has 0 radical (unpaired) electrons. The molecule has 5 nitrogen and oxygen atoms in total. The second-order valence-electron chi connectivity index (χ2n) is 5.02. The first kappa shape index (κ1) is 14.7. The number of phenols is 1. The first-order valence-electron chi connectivity index (χ1n) is 6.96. The van der Waals surface area contributed by atoms with E-state index in [-0.39, 0.29) is 29.9 Å². The molecule has 1 fully saturated rings. The summed E-state index contributed by atoms with van der Waals surface area (Å²) in [6, 6.07) is 4.96. The van der Waals surface area contributed by atoms with Gasteiger partial charge in [-0.3, -0.25) is 4.79 Å². The van der Waals surface area contributed by atoms with Crippen LogP contribution in [0.5, 0.6) is 11.5 Å². The van der Waals surface area contributed by atoms with E-state index in [9.17, 15) is 9.90 Å². The minimum atomic E-state index is -0.195. The Morgan fingerprint density at radius 3 is 2.95 bits per heavy atom. The zero-order chi connectivity index (χ0) is 14.5. The van der Waals surface area contributed by atoms with Gasteiger partial charge in [0.2, 0.25) is 0 Å². The number of methoxy groups -OCH3 is 1. The molecular formula is C15H21NO4. The van der Waals surface area contributed by atoms with Crippen molar-refractivity contribution in [2.24, 2.45) is 0 Å². The van der Waals surface area contributed by atoms with Gasteiger partial charge in [-0.05, 0) is 37.8 Å². The van der Waals surface area contributed by atoms with E-state index < -0.39 is 0 Å². The van der Waals surface area contributed by atoms with Crippen LogP contribution in [0.25, 0.3) is 0 Å². The number of hydrogen-bond acceptors (Lipinski definition) is 4. The van der Waals surface area contributed by atoms with Crippen molar-refractivity contribution in [3.05, 3.63) is 23.8 Å². The molecule has 1 unspecified atom stereocenters. The molecule has 0 aliphatic carbocycles. The molecule has 1 aliphatic rings. The van der Waals surface area contributed by atoms with E-state index in [0.717, 1.165) is 19.3 Å². The highest BCUT2D eigenvalue weighted by Crippen LogP contribution is 2.32. The molecule has 0 aromatic heterocycles. The van der Waals surface area contributed by atoms with Gasteiger partial charge < -0.3 is 19.8 Å². The second-order valence-corrected chi connectivity index (χ2v) is 5.02. The van der Waals surface area contributed by atoms with Crippen molar-refractivity contribution < 1.29 is 19.7 Å². The molecule has 0 saturated carbocycles. The fraction of sp³-hybridized carbons (Fsp3) is 0.533. The lowest BCUT2D eigenvalue weighted by Crippen LogP contribution is -2.44. The number of likely N-dealkylation sites (tertiary alicyclic amines) is 1. The largest absolute Gasteiger partial charge is 0.504 e. The third-order valence-corrected chi connectivity index (χ3v) is 3.80. The van der Waals surface area contributed by atoms with Gasteiger partial charge >= 0.3 is 0 Å². The lowest BCUT2D eigenvalue weighted by Gasteiger charge is -2.35. The van der Waals surface area contributed by atoms with Crippen LogP contribution in [0.4, 0.5) is 0 Å². The maximum atomic E-state index is 12.6. The second kappa shape index (κ2) is 6.61. The normalized spacial score (nSPS) is 18.9. The van der Waals surface area contributed by atoms with Crippen molar-refractivity contribution in [2.75, 3.05) is 20.3 Å². The molecule has 1 saturated heterocycles. The van der Waals surface area contributed by atoms with Crippen LogP contribution in [0.3, 0.4) is 0 Å². The standard InChI is InChI=1S/C15H21NO4/c1-20-13-7-4-6-12(14(13)18)15(19)16-9-3-2-5-11(16)8-10-17/h4,6-7,11,17-18H,2-3,5,8-10H2,1H3. The van der Waals surface area contributed by atoms with Gasteiger partial charge in [-0.25, -0.2) is 0 Å². The molecule has 1 aliphatic heterocycles. The molecule has 2 N–H and O–H groups in total. The van der Waals surface area contributed by atoms with Gasteiger partial charge in [-0.15, -0.1) is 0 Å². The van der Waals surface area contributed by atoms with Gasteiger partial charge in [0.15, 0.2) is 11.5 Å². The summed E-state index contributed by atoms with van der Waals surface area (Å²) in [5, 5.41) is 19.2. The van der Waals surface area contributed by atoms with Crippen molar-refractivity contribution >= 4 is 5.91 Å². The fourth-order valence-corrected chi connectivity index (χ4v) is 2.73. The predicted octanol–water partition coefficient (Wildman–Crippen LogP) is 1.78. The molecule has 110 valence electrons. The zero-order valence-corrected chi connectivity index (χ0v) is 11.7. The number of carbonyl (C=O) groups is 1. The van der Waals surface area contributed by atoms with E-state index in [4.69, 9.17) is 9.84 Å². The van der Waals surface area contributed by atoms with Crippen LogP contribution in [0.2, 0.25) is 0 Å². The van der Waals surface area contributed by atoms with Crippen molar-refractivity contribution in [3.63, 3.8) is 0 Å². The molecule has 1 amide bonds. The SMILES string of the molecule is COc1cccc(C(=O)N2CCCCC2CCO)c1O. The quantitative estimate of drug-likeness (QED) is 0.881. The van der Waals surface area contributed by atoms with Gasteiger partial charge in [-0.1, -0.05) is 6.07 Å². The van der Waals surface area contributed by atoms with Gasteiger partial charge in [-0.2, -0.15) is 0 Å². The Balaban J connectivity index is 2.25. The minimum absolute atomic E-state index is 0.0480. The Bertz CT molecular complexity index is 473. The highest BCUT2D eigenvalue weighted by Gasteiger charge is 2.29. The average molecular weight is 279 g/mol. The predicted molar refractivity (Wildman–Crippen MR) is 75.0 cm³/mol. The van der Waals surface area contributed by atoms with Gasteiger partial charge in [0.25, 0.3) is 5.91 Å². The van der Waals surface area contributed by atoms with Crippen molar-refractivity contribution in [1.82, 2.24) is 4.90 Å². The molecular weight excluding hydrogens is 258 g/mol. The molecule has 0 bridgehead atoms. The van der Waals surface area contributed by atoms with Crippen LogP contribution < -0.4 is 4.74 Å². The lowest BCUT2D eigenvalue weighted by molar-refractivity contribution is 0.0571. The highest BCUT2D eigenvalue weighted by atomic mass is 16.5. The maximum Gasteiger partial charge on any atom is 0.258 e. The number of ether oxygens (including phenoxy) is 1. The molecule has 1 heterocycles. The van der Waals surface area contributed by atoms with E-state index in [2.05, 4.69) is 0 Å². The van der Waals surface area contributed by atoms with Crippen LogP contribution in [-0.2, 0) is 0 Å². The number of phenolic OH excluding ortho intramolecular Hbond substituents is 1. The van der Waals surface area contributed by atoms with Gasteiger partial charge in [0, 0.05) is 19.2 Å². The summed E-state index contributed by atoms with van der Waals surface area (Å²) < 4.78 is 5.04. The Labute approximate surface area is 118 Å². The number of aromatic hydroxyl groups is 1. The number of benzene rings is 1. The molecule has 1 aromatic rings. The Morgan fingerprint density at radius 1 is 1.45 bits per heavy atom. The molecule has 5 heteroatoms. The summed E-state index contributed by atoms with van der Waals surface area (Å²) >= 11 is 0. The third kappa shape index (κ3) is 2.88. The average Bonchev–Trinajstić information content (AvgIpc) is 2.48. The summed E-state index contributed by atoms with van der Waals surface area (Å²) in [7, 11) is 1.46. The Kier molecular flexibility index (Phi) is 4.84. The fourth-order valence-electron chi connectivity index (χ4n) is 2.73. The molecule has 1 aromatic carbocycles. The number of amides is 1. The zero-order valence-electron chi connectivity index (χ0n) is 11.7. The summed E-state index contributed by atoms with van der Waals surface area (Å²) in [6.07, 6.45) is 3.50. The number of aliphatic hydroxyl groups is 1. The monoisotopic (exact) mass is 279 g/mol. The van der Waals surface area contributed by atoms with E-state index in [1.165, 1.54) is 7.11 Å². The first-order valence-corrected chi connectivity index (χ1v) is 6.96. The van der Waals surface area contributed by atoms with Crippen LogP contribution >= 0.6 is 0 Å². The minimum Gasteiger partial charge on any atom is -0.504 e. The molecule has 2 rings (SSSR count). The maximum absolute atomic E-state index is 12.6. The summed E-state index contributed by atoms with van der Waals surface area (Å²) in [5.74, 6) is -0.0144. The number of carbonyl (C=O) groups excluding carboxylic acids is 1. The van der Waals surface area contributed by atoms with E-state index in [1.807, 2.05) is 0 Å². The van der Waals surface area contributed by atoms with Crippen LogP contribution in [0, 0.1) is 0 Å². The van der Waals surface area contributed by atoms with Crippen LogP contribution in [0.1, 0.15) is 36.0 Å². The van der Waals surface area contributed by atoms with E-state index in [1.54, 1.807) is 23.1 Å².